The Labute approximate surface area is 144 Å². The molecular weight excluding hydrogens is 381 g/mol. The summed E-state index contributed by atoms with van der Waals surface area (Å²) in [5, 5.41) is 3.39. The van der Waals surface area contributed by atoms with E-state index in [9.17, 15) is 0 Å². The van der Waals surface area contributed by atoms with E-state index < -0.39 is 0 Å². The number of halogens is 1. The van der Waals surface area contributed by atoms with Crippen molar-refractivity contribution in [3.63, 3.8) is 0 Å². The quantitative estimate of drug-likeness (QED) is 0.474. The lowest BCUT2D eigenvalue weighted by atomic mass is 10.1. The first kappa shape index (κ1) is 18.3. The van der Waals surface area contributed by atoms with Crippen LogP contribution >= 0.6 is 24.0 Å². The van der Waals surface area contributed by atoms with Crippen molar-refractivity contribution in [1.29, 1.82) is 0 Å². The molecule has 120 valence electrons. The molecule has 1 unspecified atom stereocenters. The molecule has 1 aliphatic heterocycles. The minimum Gasteiger partial charge on any atom is -0.466 e. The second kappa shape index (κ2) is 8.63. The number of nitrogens with one attached hydrogen (secondary N) is 1. The summed E-state index contributed by atoms with van der Waals surface area (Å²) in [6.07, 6.45) is 1.14. The van der Waals surface area contributed by atoms with Crippen LogP contribution in [0.5, 0.6) is 0 Å². The van der Waals surface area contributed by atoms with Gasteiger partial charge < -0.3 is 19.4 Å². The number of ether oxygens (including phenoxy) is 1. The van der Waals surface area contributed by atoms with Crippen molar-refractivity contribution < 1.29 is 9.15 Å². The van der Waals surface area contributed by atoms with Crippen molar-refractivity contribution in [3.05, 3.63) is 23.2 Å². The van der Waals surface area contributed by atoms with Crippen LogP contribution < -0.4 is 5.32 Å². The molecule has 1 fully saturated rings. The molecule has 1 N–H and O–H groups in total. The summed E-state index contributed by atoms with van der Waals surface area (Å²) in [5.74, 6) is 3.44. The molecule has 5 nitrogen and oxygen atoms in total. The fraction of sp³-hybridized carbons (Fsp3) is 0.667. The van der Waals surface area contributed by atoms with Crippen LogP contribution in [0.25, 0.3) is 0 Å². The fourth-order valence-corrected chi connectivity index (χ4v) is 2.62. The molecule has 1 aromatic heterocycles. The standard InChI is InChI=1S/C15H25N3O2.HI/c1-11-7-14(12(2)20-11)8-17-15(16-3)18(4)9-13-5-6-19-10-13;/h7,13H,5-6,8-10H2,1-4H3,(H,16,17);1H. The largest absolute Gasteiger partial charge is 0.466 e. The second-order valence-corrected chi connectivity index (χ2v) is 5.45. The Balaban J connectivity index is 0.00000220. The third-order valence-corrected chi connectivity index (χ3v) is 3.71. The van der Waals surface area contributed by atoms with Gasteiger partial charge in [-0.15, -0.1) is 24.0 Å². The summed E-state index contributed by atoms with van der Waals surface area (Å²) in [5.41, 5.74) is 1.18. The van der Waals surface area contributed by atoms with E-state index >= 15 is 0 Å². The van der Waals surface area contributed by atoms with Gasteiger partial charge in [0.2, 0.25) is 0 Å². The van der Waals surface area contributed by atoms with Gasteiger partial charge in [-0.1, -0.05) is 0 Å². The van der Waals surface area contributed by atoms with Crippen LogP contribution in [0.4, 0.5) is 0 Å². The first-order valence-electron chi connectivity index (χ1n) is 7.15. The lowest BCUT2D eigenvalue weighted by Crippen LogP contribution is -2.41. The van der Waals surface area contributed by atoms with Crippen LogP contribution in [0.2, 0.25) is 0 Å². The van der Waals surface area contributed by atoms with E-state index in [1.807, 2.05) is 20.9 Å². The predicted octanol–water partition coefficient (Wildman–Crippen LogP) is 2.56. The molecule has 0 spiro atoms. The highest BCUT2D eigenvalue weighted by Gasteiger charge is 2.19. The van der Waals surface area contributed by atoms with Gasteiger partial charge in [-0.05, 0) is 26.3 Å². The van der Waals surface area contributed by atoms with Crippen LogP contribution in [0.3, 0.4) is 0 Å². The van der Waals surface area contributed by atoms with E-state index in [2.05, 4.69) is 28.3 Å². The van der Waals surface area contributed by atoms with Crippen LogP contribution in [0, 0.1) is 19.8 Å². The SMILES string of the molecule is CN=C(NCc1cc(C)oc1C)N(C)CC1CCOC1.I. The third kappa shape index (κ3) is 5.18. The van der Waals surface area contributed by atoms with E-state index in [0.29, 0.717) is 5.92 Å². The fourth-order valence-electron chi connectivity index (χ4n) is 2.62. The van der Waals surface area contributed by atoms with Gasteiger partial charge in [0.1, 0.15) is 11.5 Å². The highest BCUT2D eigenvalue weighted by molar-refractivity contribution is 14.0. The van der Waals surface area contributed by atoms with Crippen LogP contribution in [0.15, 0.2) is 15.5 Å². The Morgan fingerprint density at radius 3 is 2.76 bits per heavy atom. The predicted molar refractivity (Wildman–Crippen MR) is 95.4 cm³/mol. The monoisotopic (exact) mass is 407 g/mol. The number of aryl methyl sites for hydroxylation is 2. The number of hydrogen-bond donors (Lipinski definition) is 1. The van der Waals surface area contributed by atoms with Gasteiger partial charge in [0.15, 0.2) is 5.96 Å². The number of aliphatic imine (C=N–C) groups is 1. The van der Waals surface area contributed by atoms with Crippen molar-refractivity contribution in [1.82, 2.24) is 10.2 Å². The smallest absolute Gasteiger partial charge is 0.193 e. The Morgan fingerprint density at radius 1 is 1.48 bits per heavy atom. The van der Waals surface area contributed by atoms with Crippen molar-refractivity contribution in [2.24, 2.45) is 10.9 Å². The van der Waals surface area contributed by atoms with Crippen molar-refractivity contribution in [2.45, 2.75) is 26.8 Å². The molecule has 0 radical (unpaired) electrons. The van der Waals surface area contributed by atoms with Crippen molar-refractivity contribution in [2.75, 3.05) is 33.9 Å². The first-order chi connectivity index (χ1) is 9.60. The summed E-state index contributed by atoms with van der Waals surface area (Å²) in [6.45, 7) is 7.42. The summed E-state index contributed by atoms with van der Waals surface area (Å²) in [4.78, 5) is 6.51. The summed E-state index contributed by atoms with van der Waals surface area (Å²) in [6, 6.07) is 2.07. The highest BCUT2D eigenvalue weighted by Crippen LogP contribution is 2.14. The molecule has 0 aromatic carbocycles. The van der Waals surface area contributed by atoms with Gasteiger partial charge in [-0.2, -0.15) is 0 Å². The third-order valence-electron chi connectivity index (χ3n) is 3.71. The average Bonchev–Trinajstić information content (AvgIpc) is 3.00. The average molecular weight is 407 g/mol. The summed E-state index contributed by atoms with van der Waals surface area (Å²) >= 11 is 0. The van der Waals surface area contributed by atoms with Gasteiger partial charge in [0, 0.05) is 45.3 Å². The molecule has 0 bridgehead atoms. The van der Waals surface area contributed by atoms with Crippen molar-refractivity contribution >= 4 is 29.9 Å². The highest BCUT2D eigenvalue weighted by atomic mass is 127. The summed E-state index contributed by atoms with van der Waals surface area (Å²) in [7, 11) is 3.89. The lowest BCUT2D eigenvalue weighted by molar-refractivity contribution is 0.181. The van der Waals surface area contributed by atoms with Crippen LogP contribution in [0.1, 0.15) is 23.5 Å². The normalized spacial score (nSPS) is 18.5. The minimum absolute atomic E-state index is 0. The Morgan fingerprint density at radius 2 is 2.24 bits per heavy atom. The molecule has 2 rings (SSSR count). The number of rotatable bonds is 4. The minimum atomic E-state index is 0. The maximum Gasteiger partial charge on any atom is 0.193 e. The molecule has 6 heteroatoms. The molecule has 21 heavy (non-hydrogen) atoms. The van der Waals surface area contributed by atoms with E-state index in [1.165, 1.54) is 5.56 Å². The molecule has 2 heterocycles. The Bertz CT molecular complexity index is 467. The van der Waals surface area contributed by atoms with Crippen LogP contribution in [-0.4, -0.2) is 44.7 Å². The molecule has 1 aromatic rings. The maximum absolute atomic E-state index is 5.54. The zero-order chi connectivity index (χ0) is 14.5. The van der Waals surface area contributed by atoms with E-state index in [1.54, 1.807) is 0 Å². The van der Waals surface area contributed by atoms with Gasteiger partial charge >= 0.3 is 0 Å². The molecule has 0 amide bonds. The Hall–Kier alpha value is -0.760. The van der Waals surface area contributed by atoms with Gasteiger partial charge in [-0.3, -0.25) is 4.99 Å². The maximum atomic E-state index is 5.54. The van der Waals surface area contributed by atoms with Gasteiger partial charge in [0.05, 0.1) is 6.61 Å². The first-order valence-corrected chi connectivity index (χ1v) is 7.15. The number of furan rings is 1. The lowest BCUT2D eigenvalue weighted by Gasteiger charge is -2.24. The summed E-state index contributed by atoms with van der Waals surface area (Å²) < 4.78 is 11.0. The number of hydrogen-bond acceptors (Lipinski definition) is 3. The zero-order valence-corrected chi connectivity index (χ0v) is 15.6. The number of guanidine groups is 1. The Kier molecular flexibility index (Phi) is 7.51. The molecule has 1 aliphatic rings. The number of nitrogens with zero attached hydrogens (tertiary/aromatic N) is 2. The molecular formula is C15H26IN3O2. The molecule has 1 atom stereocenters. The van der Waals surface area contributed by atoms with E-state index in [4.69, 9.17) is 9.15 Å². The molecule has 0 aliphatic carbocycles. The zero-order valence-electron chi connectivity index (χ0n) is 13.3. The van der Waals surface area contributed by atoms with E-state index in [0.717, 1.165) is 50.2 Å². The topological polar surface area (TPSA) is 50.0 Å². The van der Waals surface area contributed by atoms with Gasteiger partial charge in [-0.25, -0.2) is 0 Å². The molecule has 1 saturated heterocycles. The van der Waals surface area contributed by atoms with E-state index in [-0.39, 0.29) is 24.0 Å². The molecule has 0 saturated carbocycles. The van der Waals surface area contributed by atoms with Crippen LogP contribution in [-0.2, 0) is 11.3 Å². The van der Waals surface area contributed by atoms with Crippen molar-refractivity contribution in [3.8, 4) is 0 Å². The second-order valence-electron chi connectivity index (χ2n) is 5.45. The van der Waals surface area contributed by atoms with Gasteiger partial charge in [0.25, 0.3) is 0 Å².